The molecule has 35 heavy (non-hydrogen) atoms. The number of rotatable bonds is 6. The van der Waals surface area contributed by atoms with Crippen molar-refractivity contribution >= 4 is 28.6 Å². The molecule has 2 heterocycles. The van der Waals surface area contributed by atoms with Crippen LogP contribution in [0.2, 0.25) is 0 Å². The summed E-state index contributed by atoms with van der Waals surface area (Å²) in [4.78, 5) is 44.2. The maximum atomic E-state index is 14.0. The van der Waals surface area contributed by atoms with Crippen LogP contribution in [0.15, 0.2) is 54.2 Å². The second-order valence-electron chi connectivity index (χ2n) is 10.0. The highest BCUT2D eigenvalue weighted by atomic mass is 16.5. The summed E-state index contributed by atoms with van der Waals surface area (Å²) >= 11 is 0. The second kappa shape index (κ2) is 9.84. The number of carbonyl (C=O) groups excluding carboxylic acids is 3. The fourth-order valence-corrected chi connectivity index (χ4v) is 6.18. The molecule has 184 valence electrons. The number of allylic oxidation sites excluding steroid dienone is 1. The SMILES string of the molecule is CCOC(=O)[C@]12CCCC=C1N(Cc1cccc3ccccc13)C(=O)[C@H](CC(=O)N1CCCC1)C2. The first kappa shape index (κ1) is 23.6. The van der Waals surface area contributed by atoms with Gasteiger partial charge in [-0.15, -0.1) is 0 Å². The molecule has 2 atom stereocenters. The molecule has 6 nitrogen and oxygen atoms in total. The number of carbonyl (C=O) groups is 3. The molecule has 2 amide bonds. The molecule has 0 bridgehead atoms. The number of esters is 1. The van der Waals surface area contributed by atoms with Crippen LogP contribution >= 0.6 is 0 Å². The molecule has 0 aromatic heterocycles. The lowest BCUT2D eigenvalue weighted by Gasteiger charge is -2.48. The fraction of sp³-hybridized carbons (Fsp3) is 0.483. The second-order valence-corrected chi connectivity index (χ2v) is 10.0. The van der Waals surface area contributed by atoms with Crippen LogP contribution < -0.4 is 0 Å². The van der Waals surface area contributed by atoms with Gasteiger partial charge in [0.05, 0.1) is 13.2 Å². The third-order valence-corrected chi connectivity index (χ3v) is 7.89. The summed E-state index contributed by atoms with van der Waals surface area (Å²) in [5.41, 5.74) is 0.931. The number of hydrogen-bond acceptors (Lipinski definition) is 4. The maximum Gasteiger partial charge on any atom is 0.318 e. The van der Waals surface area contributed by atoms with E-state index in [9.17, 15) is 14.4 Å². The van der Waals surface area contributed by atoms with Crippen molar-refractivity contribution in [2.75, 3.05) is 19.7 Å². The largest absolute Gasteiger partial charge is 0.465 e. The number of likely N-dealkylation sites (tertiary alicyclic amines) is 2. The molecule has 2 fully saturated rings. The van der Waals surface area contributed by atoms with Crippen LogP contribution in [0, 0.1) is 11.3 Å². The number of ether oxygens (including phenoxy) is 1. The predicted molar refractivity (Wildman–Crippen MR) is 134 cm³/mol. The van der Waals surface area contributed by atoms with Crippen LogP contribution in [0.5, 0.6) is 0 Å². The minimum Gasteiger partial charge on any atom is -0.465 e. The highest BCUT2D eigenvalue weighted by Crippen LogP contribution is 2.50. The van der Waals surface area contributed by atoms with E-state index in [0.717, 1.165) is 60.8 Å². The van der Waals surface area contributed by atoms with Gasteiger partial charge in [0.2, 0.25) is 11.8 Å². The lowest BCUT2D eigenvalue weighted by atomic mass is 9.66. The topological polar surface area (TPSA) is 66.9 Å². The normalized spacial score (nSPS) is 24.3. The Morgan fingerprint density at radius 3 is 2.63 bits per heavy atom. The van der Waals surface area contributed by atoms with E-state index in [1.165, 1.54) is 0 Å². The third-order valence-electron chi connectivity index (χ3n) is 7.89. The molecule has 3 aliphatic rings. The zero-order valence-corrected chi connectivity index (χ0v) is 20.5. The first-order valence-electron chi connectivity index (χ1n) is 13.0. The van der Waals surface area contributed by atoms with Gasteiger partial charge in [0.25, 0.3) is 0 Å². The van der Waals surface area contributed by atoms with E-state index in [-0.39, 0.29) is 24.2 Å². The first-order valence-corrected chi connectivity index (χ1v) is 13.0. The molecular formula is C29H34N2O4. The highest BCUT2D eigenvalue weighted by molar-refractivity contribution is 5.93. The number of fused-ring (bicyclic) bond motifs is 2. The predicted octanol–water partition coefficient (Wildman–Crippen LogP) is 4.82. The minimum atomic E-state index is -0.872. The molecule has 0 radical (unpaired) electrons. The summed E-state index contributed by atoms with van der Waals surface area (Å²) in [6.45, 7) is 4.00. The Kier molecular flexibility index (Phi) is 6.63. The van der Waals surface area contributed by atoms with Crippen molar-refractivity contribution in [2.24, 2.45) is 11.3 Å². The summed E-state index contributed by atoms with van der Waals surface area (Å²) in [5, 5.41) is 2.21. The molecule has 2 aliphatic heterocycles. The van der Waals surface area contributed by atoms with Crippen LogP contribution in [0.25, 0.3) is 10.8 Å². The first-order chi connectivity index (χ1) is 17.0. The van der Waals surface area contributed by atoms with Gasteiger partial charge in [0.15, 0.2) is 0 Å². The van der Waals surface area contributed by atoms with Gasteiger partial charge >= 0.3 is 5.97 Å². The zero-order valence-electron chi connectivity index (χ0n) is 20.5. The van der Waals surface area contributed by atoms with Gasteiger partial charge < -0.3 is 14.5 Å². The van der Waals surface area contributed by atoms with Crippen molar-refractivity contribution in [2.45, 2.75) is 58.4 Å². The lowest BCUT2D eigenvalue weighted by Crippen LogP contribution is -2.54. The van der Waals surface area contributed by atoms with Crippen LogP contribution in [0.4, 0.5) is 0 Å². The number of benzene rings is 2. The van der Waals surface area contributed by atoms with Crippen molar-refractivity contribution in [1.29, 1.82) is 0 Å². The van der Waals surface area contributed by atoms with Crippen molar-refractivity contribution in [3.63, 3.8) is 0 Å². The van der Waals surface area contributed by atoms with E-state index in [1.807, 2.05) is 36.1 Å². The van der Waals surface area contributed by atoms with Gasteiger partial charge in [0.1, 0.15) is 5.41 Å². The highest BCUT2D eigenvalue weighted by Gasteiger charge is 2.54. The van der Waals surface area contributed by atoms with Gasteiger partial charge in [-0.25, -0.2) is 0 Å². The van der Waals surface area contributed by atoms with Crippen molar-refractivity contribution < 1.29 is 19.1 Å². The fourth-order valence-electron chi connectivity index (χ4n) is 6.18. The molecule has 6 heteroatoms. The lowest BCUT2D eigenvalue weighted by molar-refractivity contribution is -0.163. The average Bonchev–Trinajstić information content (AvgIpc) is 3.42. The van der Waals surface area contributed by atoms with E-state index in [1.54, 1.807) is 4.90 Å². The molecule has 1 aliphatic carbocycles. The standard InChI is InChI=1S/C29H34N2O4/c1-2-35-28(34)29-15-6-5-14-25(29)31(20-22-12-9-11-21-10-3-4-13-24(21)22)27(33)23(19-29)18-26(32)30-16-7-8-17-30/h3-4,9-14,23H,2,5-8,15-20H2,1H3/t23-,29+/m1/s1. The Hall–Kier alpha value is -3.15. The molecule has 5 rings (SSSR count). The Morgan fingerprint density at radius 2 is 1.83 bits per heavy atom. The third kappa shape index (κ3) is 4.35. The zero-order chi connectivity index (χ0) is 24.4. The Bertz CT molecular complexity index is 1160. The van der Waals surface area contributed by atoms with E-state index >= 15 is 0 Å². The van der Waals surface area contributed by atoms with Gasteiger partial charge in [-0.2, -0.15) is 0 Å². The molecule has 0 saturated carbocycles. The number of hydrogen-bond donors (Lipinski definition) is 0. The molecule has 0 spiro atoms. The Morgan fingerprint density at radius 1 is 1.06 bits per heavy atom. The summed E-state index contributed by atoms with van der Waals surface area (Å²) in [7, 11) is 0. The van der Waals surface area contributed by atoms with Gasteiger partial charge in [-0.1, -0.05) is 48.5 Å². The molecule has 0 N–H and O–H groups in total. The molecule has 2 aromatic carbocycles. The Labute approximate surface area is 206 Å². The van der Waals surface area contributed by atoms with E-state index < -0.39 is 11.3 Å². The number of nitrogens with zero attached hydrogens (tertiary/aromatic N) is 2. The monoisotopic (exact) mass is 474 g/mol. The van der Waals surface area contributed by atoms with Crippen LogP contribution in [0.3, 0.4) is 0 Å². The summed E-state index contributed by atoms with van der Waals surface area (Å²) in [6.07, 6.45) is 6.92. The van der Waals surface area contributed by atoms with Gasteiger partial charge in [-0.05, 0) is 61.8 Å². The number of amides is 2. The van der Waals surface area contributed by atoms with Crippen LogP contribution in [-0.2, 0) is 25.7 Å². The van der Waals surface area contributed by atoms with E-state index in [2.05, 4.69) is 24.3 Å². The summed E-state index contributed by atoms with van der Waals surface area (Å²) < 4.78 is 5.59. The van der Waals surface area contributed by atoms with Crippen LogP contribution in [-0.4, -0.2) is 47.3 Å². The molecular weight excluding hydrogens is 440 g/mol. The van der Waals surface area contributed by atoms with Crippen LogP contribution in [0.1, 0.15) is 57.4 Å². The summed E-state index contributed by atoms with van der Waals surface area (Å²) in [5.74, 6) is -0.829. The van der Waals surface area contributed by atoms with Crippen molar-refractivity contribution in [3.05, 3.63) is 59.8 Å². The minimum absolute atomic E-state index is 0.0215. The average molecular weight is 475 g/mol. The summed E-state index contributed by atoms with van der Waals surface area (Å²) in [6, 6.07) is 14.3. The van der Waals surface area contributed by atoms with Gasteiger partial charge in [0, 0.05) is 31.1 Å². The van der Waals surface area contributed by atoms with Crippen molar-refractivity contribution in [1.82, 2.24) is 9.80 Å². The van der Waals surface area contributed by atoms with Crippen molar-refractivity contribution in [3.8, 4) is 0 Å². The molecule has 2 aromatic rings. The smallest absolute Gasteiger partial charge is 0.318 e. The van der Waals surface area contributed by atoms with E-state index in [0.29, 0.717) is 26.0 Å². The van der Waals surface area contributed by atoms with Gasteiger partial charge in [-0.3, -0.25) is 14.4 Å². The number of piperidine rings is 1. The quantitative estimate of drug-likeness (QED) is 0.563. The Balaban J connectivity index is 1.53. The molecule has 2 saturated heterocycles. The molecule has 0 unspecified atom stereocenters. The van der Waals surface area contributed by atoms with E-state index in [4.69, 9.17) is 4.74 Å². The maximum absolute atomic E-state index is 14.0.